The molecule has 0 heterocycles. The smallest absolute Gasteiger partial charge is 0.248 e. The maximum atomic E-state index is 12.3. The minimum atomic E-state index is 0.0668. The number of carbonyl (C=O) groups excluding carboxylic acids is 1. The lowest BCUT2D eigenvalue weighted by atomic mass is 10.2. The molecule has 1 amide bonds. The van der Waals surface area contributed by atoms with Gasteiger partial charge in [-0.3, -0.25) is 4.79 Å². The van der Waals surface area contributed by atoms with Crippen LogP contribution >= 0.6 is 0 Å². The summed E-state index contributed by atoms with van der Waals surface area (Å²) in [6.07, 6.45) is 0.960. The van der Waals surface area contributed by atoms with Gasteiger partial charge in [-0.15, -0.1) is 0 Å². The Morgan fingerprint density at radius 2 is 1.78 bits per heavy atom. The molecule has 0 aliphatic carbocycles. The van der Waals surface area contributed by atoms with Crippen LogP contribution in [0.3, 0.4) is 0 Å². The topological polar surface area (TPSA) is 44.8 Å². The second kappa shape index (κ2) is 12.0. The highest BCUT2D eigenvalue weighted by molar-refractivity contribution is 5.77. The predicted molar refractivity (Wildman–Crippen MR) is 94.4 cm³/mol. The summed E-state index contributed by atoms with van der Waals surface area (Å²) in [5.41, 5.74) is 1.09. The number of hydrogen-bond donors (Lipinski definition) is 1. The first-order chi connectivity index (χ1) is 11.1. The van der Waals surface area contributed by atoms with E-state index in [2.05, 4.69) is 31.2 Å². The highest BCUT2D eigenvalue weighted by Crippen LogP contribution is 2.01. The van der Waals surface area contributed by atoms with Crippen LogP contribution in [0.5, 0.6) is 0 Å². The van der Waals surface area contributed by atoms with Gasteiger partial charge >= 0.3 is 0 Å². The fraction of sp³-hybridized carbons (Fsp3) is 0.611. The number of ether oxygens (including phenoxy) is 1. The van der Waals surface area contributed by atoms with Gasteiger partial charge in [0.05, 0.1) is 6.61 Å². The molecule has 1 rings (SSSR count). The number of rotatable bonds is 12. The number of likely N-dealkylation sites (N-methyl/N-ethyl adjacent to an activating group) is 1. The molecule has 0 spiro atoms. The van der Waals surface area contributed by atoms with Crippen LogP contribution in [0.25, 0.3) is 0 Å². The molecule has 0 aliphatic rings. The number of nitrogens with zero attached hydrogens (tertiary/aromatic N) is 2. The van der Waals surface area contributed by atoms with Crippen molar-refractivity contribution in [2.45, 2.75) is 20.0 Å². The van der Waals surface area contributed by atoms with Gasteiger partial charge < -0.3 is 19.9 Å². The Balaban J connectivity index is 2.24. The Morgan fingerprint density at radius 3 is 2.43 bits per heavy atom. The van der Waals surface area contributed by atoms with Crippen molar-refractivity contribution in [2.75, 3.05) is 53.4 Å². The molecule has 23 heavy (non-hydrogen) atoms. The maximum Gasteiger partial charge on any atom is 0.248 e. The van der Waals surface area contributed by atoms with Gasteiger partial charge in [0.1, 0.15) is 6.61 Å². The number of hydrogen-bond acceptors (Lipinski definition) is 4. The molecule has 1 aromatic carbocycles. The molecule has 0 unspecified atom stereocenters. The van der Waals surface area contributed by atoms with E-state index in [1.54, 1.807) is 0 Å². The number of nitrogens with one attached hydrogen (secondary N) is 1. The summed E-state index contributed by atoms with van der Waals surface area (Å²) in [4.78, 5) is 16.3. The molecular formula is C18H31N3O2. The lowest BCUT2D eigenvalue weighted by molar-refractivity contribution is -0.136. The lowest BCUT2D eigenvalue weighted by Crippen LogP contribution is -2.40. The number of carbonyl (C=O) groups is 1. The van der Waals surface area contributed by atoms with Crippen LogP contribution in [0.4, 0.5) is 0 Å². The van der Waals surface area contributed by atoms with E-state index in [-0.39, 0.29) is 12.5 Å². The third-order valence-electron chi connectivity index (χ3n) is 3.48. The minimum Gasteiger partial charge on any atom is -0.367 e. The molecule has 0 radical (unpaired) electrons. The minimum absolute atomic E-state index is 0.0668. The summed E-state index contributed by atoms with van der Waals surface area (Å²) >= 11 is 0. The zero-order valence-electron chi connectivity index (χ0n) is 14.8. The summed E-state index contributed by atoms with van der Waals surface area (Å²) < 4.78 is 5.55. The predicted octanol–water partition coefficient (Wildman–Crippen LogP) is 1.59. The standard InChI is InChI=1S/C18H31N3O2/c1-4-12-21(14-11-19-10-13-20(2)3)18(22)16-23-15-17-8-6-5-7-9-17/h5-9,19H,4,10-16H2,1-3H3. The summed E-state index contributed by atoms with van der Waals surface area (Å²) in [5, 5.41) is 3.37. The Morgan fingerprint density at radius 1 is 1.09 bits per heavy atom. The van der Waals surface area contributed by atoms with Crippen molar-refractivity contribution in [2.24, 2.45) is 0 Å². The highest BCUT2D eigenvalue weighted by atomic mass is 16.5. The molecule has 5 nitrogen and oxygen atoms in total. The van der Waals surface area contributed by atoms with Crippen molar-refractivity contribution >= 4 is 5.91 Å². The van der Waals surface area contributed by atoms with E-state index in [1.807, 2.05) is 35.2 Å². The van der Waals surface area contributed by atoms with Crippen molar-refractivity contribution in [3.8, 4) is 0 Å². The Hall–Kier alpha value is -1.43. The average molecular weight is 321 g/mol. The van der Waals surface area contributed by atoms with E-state index in [4.69, 9.17) is 4.74 Å². The SMILES string of the molecule is CCCN(CCNCCN(C)C)C(=O)COCc1ccccc1. The molecule has 0 atom stereocenters. The van der Waals surface area contributed by atoms with Gasteiger partial charge in [0.15, 0.2) is 0 Å². The highest BCUT2D eigenvalue weighted by Gasteiger charge is 2.12. The second-order valence-electron chi connectivity index (χ2n) is 5.91. The molecule has 0 saturated carbocycles. The van der Waals surface area contributed by atoms with E-state index in [0.717, 1.165) is 44.7 Å². The second-order valence-corrected chi connectivity index (χ2v) is 5.91. The number of amides is 1. The van der Waals surface area contributed by atoms with E-state index < -0.39 is 0 Å². The van der Waals surface area contributed by atoms with E-state index >= 15 is 0 Å². The van der Waals surface area contributed by atoms with Crippen LogP contribution < -0.4 is 5.32 Å². The summed E-state index contributed by atoms with van der Waals surface area (Å²) in [5.74, 6) is 0.0668. The van der Waals surface area contributed by atoms with Crippen molar-refractivity contribution in [3.63, 3.8) is 0 Å². The molecule has 130 valence electrons. The Bertz CT molecular complexity index is 424. The quantitative estimate of drug-likeness (QED) is 0.594. The molecular weight excluding hydrogens is 290 g/mol. The Labute approximate surface area is 140 Å². The fourth-order valence-corrected chi connectivity index (χ4v) is 2.19. The first kappa shape index (κ1) is 19.6. The lowest BCUT2D eigenvalue weighted by Gasteiger charge is -2.22. The van der Waals surface area contributed by atoms with Crippen molar-refractivity contribution < 1.29 is 9.53 Å². The number of benzene rings is 1. The van der Waals surface area contributed by atoms with Gasteiger partial charge in [-0.1, -0.05) is 37.3 Å². The third kappa shape index (κ3) is 9.33. The largest absolute Gasteiger partial charge is 0.367 e. The van der Waals surface area contributed by atoms with Crippen molar-refractivity contribution in [3.05, 3.63) is 35.9 Å². The van der Waals surface area contributed by atoms with E-state index in [1.165, 1.54) is 0 Å². The van der Waals surface area contributed by atoms with Gasteiger partial charge in [-0.25, -0.2) is 0 Å². The van der Waals surface area contributed by atoms with Crippen molar-refractivity contribution in [1.82, 2.24) is 15.1 Å². The van der Waals surface area contributed by atoms with Crippen LogP contribution in [0, 0.1) is 0 Å². The molecule has 1 aromatic rings. The maximum absolute atomic E-state index is 12.3. The van der Waals surface area contributed by atoms with Crippen LogP contribution in [-0.2, 0) is 16.1 Å². The Kier molecular flexibility index (Phi) is 10.3. The zero-order valence-corrected chi connectivity index (χ0v) is 14.8. The first-order valence-corrected chi connectivity index (χ1v) is 8.38. The zero-order chi connectivity index (χ0) is 16.9. The fourth-order valence-electron chi connectivity index (χ4n) is 2.19. The van der Waals surface area contributed by atoms with Crippen LogP contribution in [0.2, 0.25) is 0 Å². The normalized spacial score (nSPS) is 11.0. The van der Waals surface area contributed by atoms with E-state index in [9.17, 15) is 4.79 Å². The summed E-state index contributed by atoms with van der Waals surface area (Å²) in [7, 11) is 4.11. The van der Waals surface area contributed by atoms with Crippen molar-refractivity contribution in [1.29, 1.82) is 0 Å². The van der Waals surface area contributed by atoms with Gasteiger partial charge in [-0.2, -0.15) is 0 Å². The average Bonchev–Trinajstić information content (AvgIpc) is 2.54. The summed E-state index contributed by atoms with van der Waals surface area (Å²) in [6.45, 7) is 6.98. The molecule has 0 saturated heterocycles. The summed E-state index contributed by atoms with van der Waals surface area (Å²) in [6, 6.07) is 9.93. The third-order valence-corrected chi connectivity index (χ3v) is 3.48. The van der Waals surface area contributed by atoms with Gasteiger partial charge in [0, 0.05) is 32.7 Å². The first-order valence-electron chi connectivity index (χ1n) is 8.38. The van der Waals surface area contributed by atoms with Crippen LogP contribution in [0.1, 0.15) is 18.9 Å². The molecule has 0 aliphatic heterocycles. The molecule has 0 bridgehead atoms. The van der Waals surface area contributed by atoms with Gasteiger partial charge in [-0.05, 0) is 26.1 Å². The van der Waals surface area contributed by atoms with Crippen LogP contribution in [-0.4, -0.2) is 69.1 Å². The van der Waals surface area contributed by atoms with Crippen LogP contribution in [0.15, 0.2) is 30.3 Å². The monoisotopic (exact) mass is 321 g/mol. The van der Waals surface area contributed by atoms with Gasteiger partial charge in [0.2, 0.25) is 5.91 Å². The molecule has 0 aromatic heterocycles. The molecule has 0 fully saturated rings. The molecule has 1 N–H and O–H groups in total. The van der Waals surface area contributed by atoms with E-state index in [0.29, 0.717) is 6.61 Å². The molecule has 5 heteroatoms. The van der Waals surface area contributed by atoms with Gasteiger partial charge in [0.25, 0.3) is 0 Å².